The van der Waals surface area contributed by atoms with Gasteiger partial charge in [-0.2, -0.15) is 5.10 Å². The van der Waals surface area contributed by atoms with Crippen molar-refractivity contribution in [3.8, 4) is 5.69 Å². The Balaban J connectivity index is 2.54. The Labute approximate surface area is 88.7 Å². The second-order valence-electron chi connectivity index (χ2n) is 3.03. The first-order chi connectivity index (χ1) is 7.59. The van der Waals surface area contributed by atoms with Gasteiger partial charge in [0.05, 0.1) is 11.9 Å². The summed E-state index contributed by atoms with van der Waals surface area (Å²) in [5.74, 6) is -3.24. The van der Waals surface area contributed by atoms with Gasteiger partial charge in [0.15, 0.2) is 17.3 Å². The Morgan fingerprint density at radius 2 is 2.00 bits per heavy atom. The van der Waals surface area contributed by atoms with E-state index in [4.69, 9.17) is 5.11 Å². The van der Waals surface area contributed by atoms with Crippen LogP contribution in [-0.2, 0) is 0 Å². The first kappa shape index (κ1) is 10.3. The number of benzene rings is 1. The van der Waals surface area contributed by atoms with Crippen LogP contribution in [0.5, 0.6) is 0 Å². The van der Waals surface area contributed by atoms with Crippen LogP contribution in [0.1, 0.15) is 10.5 Å². The summed E-state index contributed by atoms with van der Waals surface area (Å²) in [4.78, 5) is 10.8. The van der Waals surface area contributed by atoms with Crippen molar-refractivity contribution in [2.75, 3.05) is 0 Å². The van der Waals surface area contributed by atoms with E-state index in [2.05, 4.69) is 5.10 Å². The van der Waals surface area contributed by atoms with Crippen LogP contribution < -0.4 is 0 Å². The number of aromatic carboxylic acids is 1. The van der Waals surface area contributed by atoms with E-state index in [-0.39, 0.29) is 11.4 Å². The number of nitrogens with zero attached hydrogens (tertiary/aromatic N) is 2. The van der Waals surface area contributed by atoms with E-state index in [9.17, 15) is 13.6 Å². The van der Waals surface area contributed by atoms with Gasteiger partial charge in [-0.1, -0.05) is 0 Å². The molecule has 1 aromatic carbocycles. The lowest BCUT2D eigenvalue weighted by Crippen LogP contribution is -2.08. The first-order valence-corrected chi connectivity index (χ1v) is 4.32. The van der Waals surface area contributed by atoms with Crippen LogP contribution in [0.2, 0.25) is 0 Å². The molecule has 1 heterocycles. The molecule has 6 heteroatoms. The zero-order valence-electron chi connectivity index (χ0n) is 7.89. The zero-order chi connectivity index (χ0) is 11.7. The molecule has 0 amide bonds. The SMILES string of the molecule is O=C(O)c1ccnn1-c1ccc(F)c(F)c1. The standard InChI is InChI=1S/C10H6F2N2O2/c11-7-2-1-6(5-8(7)12)14-9(10(15)16)3-4-13-14/h1-5H,(H,15,16). The van der Waals surface area contributed by atoms with Gasteiger partial charge < -0.3 is 5.11 Å². The van der Waals surface area contributed by atoms with Gasteiger partial charge in [-0.05, 0) is 18.2 Å². The minimum absolute atomic E-state index is 0.119. The van der Waals surface area contributed by atoms with Crippen LogP contribution in [-0.4, -0.2) is 20.9 Å². The lowest BCUT2D eigenvalue weighted by molar-refractivity contribution is 0.0687. The molecule has 0 radical (unpaired) electrons. The van der Waals surface area contributed by atoms with Crippen molar-refractivity contribution in [3.63, 3.8) is 0 Å². The minimum atomic E-state index is -1.19. The number of carboxylic acid groups (broad SMARTS) is 1. The largest absolute Gasteiger partial charge is 0.477 e. The molecule has 16 heavy (non-hydrogen) atoms. The van der Waals surface area contributed by atoms with E-state index in [0.29, 0.717) is 0 Å². The van der Waals surface area contributed by atoms with Gasteiger partial charge in [0.25, 0.3) is 0 Å². The molecule has 4 nitrogen and oxygen atoms in total. The highest BCUT2D eigenvalue weighted by atomic mass is 19.2. The fourth-order valence-electron chi connectivity index (χ4n) is 1.29. The molecule has 0 unspecified atom stereocenters. The summed E-state index contributed by atoms with van der Waals surface area (Å²) >= 11 is 0. The second kappa shape index (κ2) is 3.73. The van der Waals surface area contributed by atoms with Gasteiger partial charge in [-0.15, -0.1) is 0 Å². The van der Waals surface area contributed by atoms with Gasteiger partial charge >= 0.3 is 5.97 Å². The average molecular weight is 224 g/mol. The van der Waals surface area contributed by atoms with Crippen molar-refractivity contribution in [3.05, 3.63) is 47.8 Å². The van der Waals surface area contributed by atoms with Crippen LogP contribution in [0.3, 0.4) is 0 Å². The van der Waals surface area contributed by atoms with Gasteiger partial charge in [0, 0.05) is 6.07 Å². The van der Waals surface area contributed by atoms with Crippen molar-refractivity contribution in [2.45, 2.75) is 0 Å². The number of hydrogen-bond donors (Lipinski definition) is 1. The van der Waals surface area contributed by atoms with Crippen molar-refractivity contribution in [2.24, 2.45) is 0 Å². The Bertz CT molecular complexity index is 552. The maximum atomic E-state index is 12.9. The number of hydrogen-bond acceptors (Lipinski definition) is 2. The summed E-state index contributed by atoms with van der Waals surface area (Å²) in [7, 11) is 0. The molecule has 2 rings (SSSR count). The number of rotatable bonds is 2. The van der Waals surface area contributed by atoms with Crippen LogP contribution in [0, 0.1) is 11.6 Å². The molecule has 0 spiro atoms. The normalized spacial score (nSPS) is 10.4. The minimum Gasteiger partial charge on any atom is -0.477 e. The van der Waals surface area contributed by atoms with E-state index in [0.717, 1.165) is 16.8 Å². The summed E-state index contributed by atoms with van der Waals surface area (Å²) in [5.41, 5.74) is 0.0345. The van der Waals surface area contributed by atoms with Crippen LogP contribution in [0.4, 0.5) is 8.78 Å². The zero-order valence-corrected chi connectivity index (χ0v) is 7.89. The molecular weight excluding hydrogens is 218 g/mol. The fourth-order valence-corrected chi connectivity index (χ4v) is 1.29. The third-order valence-electron chi connectivity index (χ3n) is 2.01. The molecule has 0 bridgehead atoms. The fraction of sp³-hybridized carbons (Fsp3) is 0. The Morgan fingerprint density at radius 3 is 2.62 bits per heavy atom. The monoisotopic (exact) mass is 224 g/mol. The second-order valence-corrected chi connectivity index (χ2v) is 3.03. The topological polar surface area (TPSA) is 55.1 Å². The van der Waals surface area contributed by atoms with E-state index in [1.807, 2.05) is 0 Å². The summed E-state index contributed by atoms with van der Waals surface area (Å²) < 4.78 is 26.6. The predicted octanol–water partition coefficient (Wildman–Crippen LogP) is 1.85. The molecule has 1 N–H and O–H groups in total. The number of carboxylic acids is 1. The van der Waals surface area contributed by atoms with E-state index >= 15 is 0 Å². The molecule has 0 aliphatic heterocycles. The quantitative estimate of drug-likeness (QED) is 0.846. The van der Waals surface area contributed by atoms with Gasteiger partial charge in [-0.3, -0.25) is 0 Å². The first-order valence-electron chi connectivity index (χ1n) is 4.32. The van der Waals surface area contributed by atoms with Crippen LogP contribution in [0.15, 0.2) is 30.5 Å². The molecule has 0 fully saturated rings. The molecule has 0 aliphatic rings. The van der Waals surface area contributed by atoms with Crippen LogP contribution in [0.25, 0.3) is 5.69 Å². The van der Waals surface area contributed by atoms with Crippen LogP contribution >= 0.6 is 0 Å². The number of aromatic nitrogens is 2. The van der Waals surface area contributed by atoms with E-state index in [1.54, 1.807) is 0 Å². The van der Waals surface area contributed by atoms with E-state index in [1.165, 1.54) is 18.3 Å². The highest BCUT2D eigenvalue weighted by Gasteiger charge is 2.13. The summed E-state index contributed by atoms with van der Waals surface area (Å²) in [6.45, 7) is 0. The van der Waals surface area contributed by atoms with Gasteiger partial charge in [-0.25, -0.2) is 18.3 Å². The maximum absolute atomic E-state index is 12.9. The third kappa shape index (κ3) is 1.65. The summed E-state index contributed by atoms with van der Waals surface area (Å²) in [5, 5.41) is 12.5. The molecule has 0 atom stereocenters. The Kier molecular flexibility index (Phi) is 2.40. The van der Waals surface area contributed by atoms with E-state index < -0.39 is 17.6 Å². The lowest BCUT2D eigenvalue weighted by atomic mass is 10.3. The Hall–Kier alpha value is -2.24. The number of carbonyl (C=O) groups is 1. The van der Waals surface area contributed by atoms with Crippen molar-refractivity contribution >= 4 is 5.97 Å². The lowest BCUT2D eigenvalue weighted by Gasteiger charge is -2.04. The van der Waals surface area contributed by atoms with Gasteiger partial charge in [0.2, 0.25) is 0 Å². The molecule has 2 aromatic rings. The summed E-state index contributed by atoms with van der Waals surface area (Å²) in [6.07, 6.45) is 1.27. The Morgan fingerprint density at radius 1 is 1.25 bits per heavy atom. The van der Waals surface area contributed by atoms with Gasteiger partial charge in [0.1, 0.15) is 0 Å². The van der Waals surface area contributed by atoms with Crippen molar-refractivity contribution < 1.29 is 18.7 Å². The molecule has 0 saturated carbocycles. The average Bonchev–Trinajstić information content (AvgIpc) is 2.71. The number of halogens is 2. The molecule has 82 valence electrons. The molecule has 1 aromatic heterocycles. The molecule has 0 aliphatic carbocycles. The third-order valence-corrected chi connectivity index (χ3v) is 2.01. The highest BCUT2D eigenvalue weighted by molar-refractivity contribution is 5.86. The predicted molar refractivity (Wildman–Crippen MR) is 50.4 cm³/mol. The summed E-state index contributed by atoms with van der Waals surface area (Å²) in [6, 6.07) is 4.31. The highest BCUT2D eigenvalue weighted by Crippen LogP contribution is 2.14. The van der Waals surface area contributed by atoms with Crippen molar-refractivity contribution in [1.82, 2.24) is 9.78 Å². The molecular formula is C10H6F2N2O2. The smallest absolute Gasteiger partial charge is 0.354 e. The molecule has 0 saturated heterocycles. The van der Waals surface area contributed by atoms with Crippen molar-refractivity contribution in [1.29, 1.82) is 0 Å². The maximum Gasteiger partial charge on any atom is 0.354 e.